The first-order chi connectivity index (χ1) is 18.9. The van der Waals surface area contributed by atoms with Crippen LogP contribution in [0.1, 0.15) is 175 Å². The van der Waals surface area contributed by atoms with Crippen LogP contribution in [-0.2, 0) is 9.53 Å². The van der Waals surface area contributed by atoms with Crippen molar-refractivity contribution < 1.29 is 9.53 Å². The molecule has 0 unspecified atom stereocenters. The molecule has 0 heterocycles. The lowest BCUT2D eigenvalue weighted by molar-refractivity contribution is -0.151. The Bertz CT molecular complexity index is 784. The van der Waals surface area contributed by atoms with Crippen LogP contribution in [0.5, 0.6) is 0 Å². The van der Waals surface area contributed by atoms with Crippen molar-refractivity contribution in [1.82, 2.24) is 0 Å². The summed E-state index contributed by atoms with van der Waals surface area (Å²) in [5, 5.41) is 0. The van der Waals surface area contributed by atoms with Crippen LogP contribution in [-0.4, -0.2) is 12.1 Å². The molecule has 0 amide bonds. The van der Waals surface area contributed by atoms with E-state index in [-0.39, 0.29) is 12.1 Å². The summed E-state index contributed by atoms with van der Waals surface area (Å²) in [6.07, 6.45) is 32.7. The smallest absolute Gasteiger partial charge is 0.306 e. The molecular weight excluding hydrogens is 476 g/mol. The zero-order valence-corrected chi connectivity index (χ0v) is 26.5. The van der Waals surface area contributed by atoms with E-state index in [0.717, 1.165) is 42.9 Å². The SMILES string of the molecule is CCCCCCCCCC(=O)O[C@H]1CC[C@@]2(C)C(=CC[C@H]3[C@H]4CC[C@H](CCCCCCCC)[C@@]4(C)CC[C@@H]32)C1. The molecule has 3 fully saturated rings. The molecule has 0 bridgehead atoms. The van der Waals surface area contributed by atoms with E-state index in [1.807, 2.05) is 0 Å². The normalized spacial score (nSPS) is 35.6. The highest BCUT2D eigenvalue weighted by Crippen LogP contribution is 2.66. The van der Waals surface area contributed by atoms with E-state index >= 15 is 0 Å². The van der Waals surface area contributed by atoms with Crippen LogP contribution < -0.4 is 0 Å². The molecule has 0 N–H and O–H groups in total. The van der Waals surface area contributed by atoms with Gasteiger partial charge < -0.3 is 4.74 Å². The number of rotatable bonds is 16. The lowest BCUT2D eigenvalue weighted by Crippen LogP contribution is -2.50. The molecule has 4 aliphatic rings. The van der Waals surface area contributed by atoms with Gasteiger partial charge in [0.1, 0.15) is 6.10 Å². The van der Waals surface area contributed by atoms with Crippen molar-refractivity contribution in [1.29, 1.82) is 0 Å². The van der Waals surface area contributed by atoms with E-state index in [0.29, 0.717) is 17.3 Å². The zero-order chi connectivity index (χ0) is 27.7. The fourth-order valence-corrected chi connectivity index (χ4v) is 9.95. The third-order valence-corrected chi connectivity index (χ3v) is 12.4. The Labute approximate surface area is 242 Å². The van der Waals surface area contributed by atoms with Gasteiger partial charge in [0.05, 0.1) is 0 Å². The predicted molar refractivity (Wildman–Crippen MR) is 166 cm³/mol. The first-order valence-corrected chi connectivity index (χ1v) is 17.8. The quantitative estimate of drug-likeness (QED) is 0.110. The zero-order valence-electron chi connectivity index (χ0n) is 26.5. The lowest BCUT2D eigenvalue weighted by atomic mass is 9.47. The molecule has 0 radical (unpaired) electrons. The molecule has 0 aromatic rings. The molecule has 0 aliphatic heterocycles. The molecule has 7 atom stereocenters. The first kappa shape index (κ1) is 31.2. The molecule has 2 heteroatoms. The van der Waals surface area contributed by atoms with E-state index < -0.39 is 0 Å². The van der Waals surface area contributed by atoms with Crippen LogP contribution in [0.3, 0.4) is 0 Å². The molecular formula is C37H64O2. The summed E-state index contributed by atoms with van der Waals surface area (Å²) in [4.78, 5) is 12.6. The van der Waals surface area contributed by atoms with Gasteiger partial charge in [-0.05, 0) is 92.3 Å². The summed E-state index contributed by atoms with van der Waals surface area (Å²) >= 11 is 0. The maximum Gasteiger partial charge on any atom is 0.306 e. The van der Waals surface area contributed by atoms with Crippen molar-refractivity contribution in [3.05, 3.63) is 11.6 Å². The molecule has 0 aromatic heterocycles. The van der Waals surface area contributed by atoms with Crippen molar-refractivity contribution >= 4 is 5.97 Å². The highest BCUT2D eigenvalue weighted by atomic mass is 16.5. The van der Waals surface area contributed by atoms with Crippen LogP contribution in [0.15, 0.2) is 11.6 Å². The number of esters is 1. The minimum Gasteiger partial charge on any atom is -0.462 e. The first-order valence-electron chi connectivity index (χ1n) is 17.8. The molecule has 4 aliphatic carbocycles. The Morgan fingerprint density at radius 3 is 2.18 bits per heavy atom. The van der Waals surface area contributed by atoms with Gasteiger partial charge in [0.2, 0.25) is 0 Å². The Morgan fingerprint density at radius 1 is 0.795 bits per heavy atom. The van der Waals surface area contributed by atoms with Crippen molar-refractivity contribution in [2.75, 3.05) is 0 Å². The van der Waals surface area contributed by atoms with Gasteiger partial charge in [-0.2, -0.15) is 0 Å². The molecule has 0 spiro atoms. The fraction of sp³-hybridized carbons (Fsp3) is 0.919. The second-order valence-corrected chi connectivity index (χ2v) is 14.9. The van der Waals surface area contributed by atoms with Crippen LogP contribution in [0.2, 0.25) is 0 Å². The van der Waals surface area contributed by atoms with Gasteiger partial charge in [-0.1, -0.05) is 116 Å². The van der Waals surface area contributed by atoms with Crippen LogP contribution >= 0.6 is 0 Å². The van der Waals surface area contributed by atoms with Gasteiger partial charge >= 0.3 is 5.97 Å². The fourth-order valence-electron chi connectivity index (χ4n) is 9.95. The molecule has 3 saturated carbocycles. The van der Waals surface area contributed by atoms with Gasteiger partial charge in [-0.3, -0.25) is 4.79 Å². The molecule has 224 valence electrons. The van der Waals surface area contributed by atoms with E-state index in [1.165, 1.54) is 122 Å². The van der Waals surface area contributed by atoms with Crippen LogP contribution in [0.25, 0.3) is 0 Å². The second kappa shape index (κ2) is 14.9. The Morgan fingerprint density at radius 2 is 1.46 bits per heavy atom. The Kier molecular flexibility index (Phi) is 11.9. The van der Waals surface area contributed by atoms with Crippen LogP contribution in [0, 0.1) is 34.5 Å². The summed E-state index contributed by atoms with van der Waals surface area (Å²) in [7, 11) is 0. The number of ether oxygens (including phenoxy) is 1. The van der Waals surface area contributed by atoms with Crippen LogP contribution in [0.4, 0.5) is 0 Å². The molecule has 4 rings (SSSR count). The van der Waals surface area contributed by atoms with Gasteiger partial charge in [-0.15, -0.1) is 0 Å². The van der Waals surface area contributed by atoms with Crippen molar-refractivity contribution in [2.45, 2.75) is 181 Å². The summed E-state index contributed by atoms with van der Waals surface area (Å²) in [6, 6.07) is 0. The minimum absolute atomic E-state index is 0.0576. The summed E-state index contributed by atoms with van der Waals surface area (Å²) in [5.74, 6) is 3.71. The summed E-state index contributed by atoms with van der Waals surface area (Å²) in [5.41, 5.74) is 2.59. The Hall–Kier alpha value is -0.790. The van der Waals surface area contributed by atoms with Crippen molar-refractivity contribution in [2.24, 2.45) is 34.5 Å². The predicted octanol–water partition coefficient (Wildman–Crippen LogP) is 11.4. The molecule has 0 aromatic carbocycles. The molecule has 39 heavy (non-hydrogen) atoms. The number of carbonyl (C=O) groups excluding carboxylic acids is 1. The van der Waals surface area contributed by atoms with Gasteiger partial charge in [0, 0.05) is 12.8 Å². The number of hydrogen-bond donors (Lipinski definition) is 0. The van der Waals surface area contributed by atoms with E-state index in [4.69, 9.17) is 4.74 Å². The highest BCUT2D eigenvalue weighted by Gasteiger charge is 2.58. The molecule has 0 saturated heterocycles. The summed E-state index contributed by atoms with van der Waals surface area (Å²) < 4.78 is 6.05. The molecule has 2 nitrogen and oxygen atoms in total. The maximum atomic E-state index is 12.6. The van der Waals surface area contributed by atoms with E-state index in [2.05, 4.69) is 33.8 Å². The average Bonchev–Trinajstić information content (AvgIpc) is 3.26. The lowest BCUT2D eigenvalue weighted by Gasteiger charge is -2.58. The van der Waals surface area contributed by atoms with Gasteiger partial charge in [-0.25, -0.2) is 0 Å². The Balaban J connectivity index is 1.24. The van der Waals surface area contributed by atoms with Crippen molar-refractivity contribution in [3.63, 3.8) is 0 Å². The topological polar surface area (TPSA) is 26.3 Å². The standard InChI is InChI=1S/C37H64O2/c1-5-7-9-11-13-15-17-19-35(38)39-31-24-26-37(4)30(28-31)20-22-32-33-23-21-29(18-16-14-12-10-8-6-2)36(33,3)27-25-34(32)37/h20,29,31-34H,5-19,21-28H2,1-4H3/t29-,31-,32-,33+,34-,36+,37-/m0/s1. The number of unbranched alkanes of at least 4 members (excludes halogenated alkanes) is 11. The monoisotopic (exact) mass is 540 g/mol. The number of fused-ring (bicyclic) bond motifs is 5. The minimum atomic E-state index is 0.0576. The van der Waals surface area contributed by atoms with E-state index in [9.17, 15) is 4.79 Å². The number of allylic oxidation sites excluding steroid dienone is 1. The van der Waals surface area contributed by atoms with Gasteiger partial charge in [0.15, 0.2) is 0 Å². The largest absolute Gasteiger partial charge is 0.462 e. The number of hydrogen-bond acceptors (Lipinski definition) is 2. The average molecular weight is 541 g/mol. The second-order valence-electron chi connectivity index (χ2n) is 14.9. The third-order valence-electron chi connectivity index (χ3n) is 12.4. The van der Waals surface area contributed by atoms with Gasteiger partial charge in [0.25, 0.3) is 0 Å². The van der Waals surface area contributed by atoms with E-state index in [1.54, 1.807) is 5.57 Å². The maximum absolute atomic E-state index is 12.6. The highest BCUT2D eigenvalue weighted by molar-refractivity contribution is 5.69. The third kappa shape index (κ3) is 7.54. The summed E-state index contributed by atoms with van der Waals surface area (Å²) in [6.45, 7) is 9.88. The van der Waals surface area contributed by atoms with Crippen molar-refractivity contribution in [3.8, 4) is 0 Å². The number of carbonyl (C=O) groups is 1.